The van der Waals surface area contributed by atoms with E-state index < -0.39 is 29.8 Å². The third-order valence-electron chi connectivity index (χ3n) is 2.65. The van der Waals surface area contributed by atoms with Crippen LogP contribution in [0.4, 0.5) is 0 Å². The van der Waals surface area contributed by atoms with Crippen LogP contribution >= 0.6 is 0 Å². The summed E-state index contributed by atoms with van der Waals surface area (Å²) in [6, 6.07) is 0. The van der Waals surface area contributed by atoms with E-state index in [-0.39, 0.29) is 6.42 Å². The van der Waals surface area contributed by atoms with Gasteiger partial charge in [0.05, 0.1) is 0 Å². The molecule has 0 aromatic heterocycles. The molecule has 0 fully saturated rings. The Bertz CT molecular complexity index is 333. The van der Waals surface area contributed by atoms with Crippen molar-refractivity contribution in [3.05, 3.63) is 0 Å². The van der Waals surface area contributed by atoms with E-state index in [4.69, 9.17) is 0 Å². The zero-order chi connectivity index (χ0) is 15.5. The fourth-order valence-electron chi connectivity index (χ4n) is 1.71. The summed E-state index contributed by atoms with van der Waals surface area (Å²) in [5.74, 6) is -4.72. The molecule has 6 nitrogen and oxygen atoms in total. The lowest BCUT2D eigenvalue weighted by molar-refractivity contribution is -0.170. The highest BCUT2D eigenvalue weighted by atomic mass is 16.6. The van der Waals surface area contributed by atoms with Crippen LogP contribution in [0.1, 0.15) is 59.3 Å². The predicted molar refractivity (Wildman–Crippen MR) is 70.4 cm³/mol. The van der Waals surface area contributed by atoms with Gasteiger partial charge < -0.3 is 9.47 Å². The van der Waals surface area contributed by atoms with E-state index in [9.17, 15) is 19.2 Å². The first kappa shape index (κ1) is 18.3. The van der Waals surface area contributed by atoms with E-state index in [1.807, 2.05) is 0 Å². The molecular formula is C14H22O6. The van der Waals surface area contributed by atoms with Gasteiger partial charge in [0.25, 0.3) is 0 Å². The first-order valence-electron chi connectivity index (χ1n) is 6.83. The minimum atomic E-state index is -1.22. The first-order chi connectivity index (χ1) is 9.38. The minimum Gasteiger partial charge on any atom is -0.393 e. The summed E-state index contributed by atoms with van der Waals surface area (Å²) in [5, 5.41) is 0. The van der Waals surface area contributed by atoms with E-state index in [0.29, 0.717) is 6.42 Å². The normalized spacial score (nSPS) is 10.2. The van der Waals surface area contributed by atoms with Crippen molar-refractivity contribution >= 4 is 23.9 Å². The summed E-state index contributed by atoms with van der Waals surface area (Å²) in [6.45, 7) is 4.23. The minimum absolute atomic E-state index is 0.210. The number of carbonyl (C=O) groups excluding carboxylic acids is 4. The second-order valence-electron chi connectivity index (χ2n) is 4.58. The van der Waals surface area contributed by atoms with Crippen molar-refractivity contribution in [3.63, 3.8) is 0 Å². The fraction of sp³-hybridized carbons (Fsp3) is 0.714. The van der Waals surface area contributed by atoms with Crippen molar-refractivity contribution < 1.29 is 28.7 Å². The molecule has 0 heterocycles. The summed E-state index contributed by atoms with van der Waals surface area (Å²) < 4.78 is 8.81. The van der Waals surface area contributed by atoms with E-state index >= 15 is 0 Å². The standard InChI is InChI=1S/C14H22O6/c1-4-5-6-7-8-9-12(13(17)19-10(2)15)14(18)20-11(3)16/h12H,4-9H2,1-3H3. The molecule has 0 aromatic rings. The van der Waals surface area contributed by atoms with Gasteiger partial charge in [0, 0.05) is 13.8 Å². The molecule has 0 saturated heterocycles. The smallest absolute Gasteiger partial charge is 0.327 e. The maximum absolute atomic E-state index is 11.6. The molecule has 114 valence electrons. The third kappa shape index (κ3) is 8.39. The van der Waals surface area contributed by atoms with Gasteiger partial charge in [-0.05, 0) is 6.42 Å². The Kier molecular flexibility index (Phi) is 9.24. The van der Waals surface area contributed by atoms with E-state index in [1.165, 1.54) is 0 Å². The van der Waals surface area contributed by atoms with Gasteiger partial charge in [0.1, 0.15) is 0 Å². The molecule has 0 aliphatic heterocycles. The molecule has 0 aliphatic carbocycles. The average molecular weight is 286 g/mol. The largest absolute Gasteiger partial charge is 0.393 e. The lowest BCUT2D eigenvalue weighted by Crippen LogP contribution is -2.30. The molecule has 0 rings (SSSR count). The summed E-state index contributed by atoms with van der Waals surface area (Å²) in [4.78, 5) is 44.8. The van der Waals surface area contributed by atoms with Gasteiger partial charge >= 0.3 is 23.9 Å². The van der Waals surface area contributed by atoms with Gasteiger partial charge in [-0.25, -0.2) is 0 Å². The molecule has 0 bridgehead atoms. The average Bonchev–Trinajstić information content (AvgIpc) is 2.31. The molecule has 0 N–H and O–H groups in total. The van der Waals surface area contributed by atoms with E-state index in [0.717, 1.165) is 39.5 Å². The van der Waals surface area contributed by atoms with Crippen LogP contribution in [0.2, 0.25) is 0 Å². The monoisotopic (exact) mass is 286 g/mol. The van der Waals surface area contributed by atoms with Crippen molar-refractivity contribution in [2.45, 2.75) is 59.3 Å². The summed E-state index contributed by atoms with van der Waals surface area (Å²) >= 11 is 0. The van der Waals surface area contributed by atoms with Gasteiger partial charge in [-0.1, -0.05) is 39.0 Å². The molecule has 6 heteroatoms. The topological polar surface area (TPSA) is 86.7 Å². The van der Waals surface area contributed by atoms with Crippen molar-refractivity contribution in [2.75, 3.05) is 0 Å². The van der Waals surface area contributed by atoms with Crippen LogP contribution < -0.4 is 0 Å². The number of rotatable bonds is 8. The third-order valence-corrected chi connectivity index (χ3v) is 2.65. The fourth-order valence-corrected chi connectivity index (χ4v) is 1.71. The maximum atomic E-state index is 11.6. The van der Waals surface area contributed by atoms with E-state index in [1.54, 1.807) is 0 Å². The van der Waals surface area contributed by atoms with Crippen molar-refractivity contribution in [1.29, 1.82) is 0 Å². The number of esters is 4. The van der Waals surface area contributed by atoms with Crippen molar-refractivity contribution in [2.24, 2.45) is 5.92 Å². The highest BCUT2D eigenvalue weighted by Gasteiger charge is 2.31. The molecule has 0 aliphatic rings. The van der Waals surface area contributed by atoms with Crippen LogP contribution in [0.25, 0.3) is 0 Å². The lowest BCUT2D eigenvalue weighted by atomic mass is 10.0. The van der Waals surface area contributed by atoms with Crippen LogP contribution in [0, 0.1) is 5.92 Å². The SMILES string of the molecule is CCCCCCCC(C(=O)OC(C)=O)C(=O)OC(C)=O. The van der Waals surface area contributed by atoms with Crippen molar-refractivity contribution in [1.82, 2.24) is 0 Å². The number of carbonyl (C=O) groups is 4. The predicted octanol–water partition coefficient (Wildman–Crippen LogP) is 2.14. The molecule has 0 amide bonds. The van der Waals surface area contributed by atoms with Gasteiger partial charge in [0.15, 0.2) is 5.92 Å². The van der Waals surface area contributed by atoms with Crippen molar-refractivity contribution in [3.8, 4) is 0 Å². The highest BCUT2D eigenvalue weighted by Crippen LogP contribution is 2.15. The zero-order valence-electron chi connectivity index (χ0n) is 12.3. The van der Waals surface area contributed by atoms with Crippen LogP contribution in [-0.4, -0.2) is 23.9 Å². The molecule has 0 radical (unpaired) electrons. The summed E-state index contributed by atoms with van der Waals surface area (Å²) in [6.07, 6.45) is 4.88. The Morgan fingerprint density at radius 3 is 1.65 bits per heavy atom. The second-order valence-corrected chi connectivity index (χ2v) is 4.58. The van der Waals surface area contributed by atoms with E-state index in [2.05, 4.69) is 16.4 Å². The number of ether oxygens (including phenoxy) is 2. The Morgan fingerprint density at radius 1 is 0.800 bits per heavy atom. The van der Waals surface area contributed by atoms with Gasteiger partial charge in [-0.2, -0.15) is 0 Å². The quantitative estimate of drug-likeness (QED) is 0.386. The lowest BCUT2D eigenvalue weighted by Gasteiger charge is -2.12. The number of hydrogen-bond acceptors (Lipinski definition) is 6. The molecule has 20 heavy (non-hydrogen) atoms. The van der Waals surface area contributed by atoms with Gasteiger partial charge in [0.2, 0.25) is 0 Å². The number of unbranched alkanes of at least 4 members (excludes halogenated alkanes) is 4. The van der Waals surface area contributed by atoms with Crippen LogP contribution in [0.3, 0.4) is 0 Å². The summed E-state index contributed by atoms with van der Waals surface area (Å²) in [7, 11) is 0. The molecule has 0 aromatic carbocycles. The van der Waals surface area contributed by atoms with Crippen LogP contribution in [0.15, 0.2) is 0 Å². The Morgan fingerprint density at radius 2 is 1.25 bits per heavy atom. The van der Waals surface area contributed by atoms with Crippen LogP contribution in [-0.2, 0) is 28.7 Å². The number of hydrogen-bond donors (Lipinski definition) is 0. The highest BCUT2D eigenvalue weighted by molar-refractivity contribution is 6.01. The summed E-state index contributed by atoms with van der Waals surface area (Å²) in [5.41, 5.74) is 0. The first-order valence-corrected chi connectivity index (χ1v) is 6.83. The molecule has 0 saturated carbocycles. The second kappa shape index (κ2) is 10.1. The molecule has 0 spiro atoms. The zero-order valence-corrected chi connectivity index (χ0v) is 12.3. The maximum Gasteiger partial charge on any atom is 0.327 e. The molecule has 0 atom stereocenters. The van der Waals surface area contributed by atoms with Gasteiger partial charge in [-0.3, -0.25) is 19.2 Å². The van der Waals surface area contributed by atoms with Gasteiger partial charge in [-0.15, -0.1) is 0 Å². The van der Waals surface area contributed by atoms with Crippen LogP contribution in [0.5, 0.6) is 0 Å². The Balaban J connectivity index is 4.46. The molecule has 0 unspecified atom stereocenters. The Labute approximate surface area is 118 Å². The molecular weight excluding hydrogens is 264 g/mol. The Hall–Kier alpha value is -1.72.